The van der Waals surface area contributed by atoms with Gasteiger partial charge in [-0.25, -0.2) is 0 Å². The van der Waals surface area contributed by atoms with Crippen LogP contribution in [-0.4, -0.2) is 74.2 Å². The molecule has 2 aliphatic rings. The van der Waals surface area contributed by atoms with Crippen molar-refractivity contribution in [3.63, 3.8) is 0 Å². The predicted molar refractivity (Wildman–Crippen MR) is 136 cm³/mol. The number of hydrogen-bond acceptors (Lipinski definition) is 5. The van der Waals surface area contributed by atoms with E-state index < -0.39 is 0 Å². The number of carbonyl (C=O) groups excluding carboxylic acids is 2. The predicted octanol–water partition coefficient (Wildman–Crippen LogP) is 3.11. The first-order valence-corrected chi connectivity index (χ1v) is 12.7. The molecule has 2 aromatic carbocycles. The van der Waals surface area contributed by atoms with Crippen molar-refractivity contribution in [1.82, 2.24) is 15.1 Å². The van der Waals surface area contributed by atoms with E-state index in [1.54, 1.807) is 11.0 Å². The van der Waals surface area contributed by atoms with Crippen LogP contribution in [0.1, 0.15) is 47.3 Å². The minimum absolute atomic E-state index is 0.0963. The Balaban J connectivity index is 1.57. The lowest BCUT2D eigenvalue weighted by molar-refractivity contribution is -0.123. The Kier molecular flexibility index (Phi) is 8.77. The van der Waals surface area contributed by atoms with Crippen molar-refractivity contribution < 1.29 is 19.1 Å². The molecular weight excluding hydrogens is 442 g/mol. The van der Waals surface area contributed by atoms with Gasteiger partial charge in [0.2, 0.25) is 5.91 Å². The number of carbonyl (C=O) groups is 2. The van der Waals surface area contributed by atoms with Crippen LogP contribution >= 0.6 is 0 Å². The number of ether oxygens (including phenoxy) is 2. The quantitative estimate of drug-likeness (QED) is 0.730. The Labute approximate surface area is 208 Å². The van der Waals surface area contributed by atoms with E-state index >= 15 is 0 Å². The van der Waals surface area contributed by atoms with E-state index in [0.29, 0.717) is 50.8 Å². The zero-order chi connectivity index (χ0) is 24.6. The van der Waals surface area contributed by atoms with Gasteiger partial charge in [-0.05, 0) is 53.8 Å². The minimum atomic E-state index is -0.125. The fourth-order valence-corrected chi connectivity index (χ4v) is 4.52. The van der Waals surface area contributed by atoms with Crippen molar-refractivity contribution >= 4 is 11.8 Å². The van der Waals surface area contributed by atoms with Crippen LogP contribution in [0.3, 0.4) is 0 Å². The first-order valence-electron chi connectivity index (χ1n) is 12.7. The molecule has 2 amide bonds. The van der Waals surface area contributed by atoms with E-state index in [9.17, 15) is 9.59 Å². The van der Waals surface area contributed by atoms with Gasteiger partial charge in [-0.2, -0.15) is 0 Å². The van der Waals surface area contributed by atoms with Gasteiger partial charge < -0.3 is 19.7 Å². The molecule has 2 aliphatic heterocycles. The fourth-order valence-electron chi connectivity index (χ4n) is 4.52. The molecule has 0 aliphatic carbocycles. The number of nitrogens with one attached hydrogen (secondary N) is 1. The Morgan fingerprint density at radius 2 is 1.89 bits per heavy atom. The number of piperazine rings is 1. The molecule has 4 rings (SSSR count). The topological polar surface area (TPSA) is 71.1 Å². The highest BCUT2D eigenvalue weighted by Crippen LogP contribution is 2.25. The maximum absolute atomic E-state index is 13.1. The summed E-state index contributed by atoms with van der Waals surface area (Å²) >= 11 is 0. The normalized spacial score (nSPS) is 17.8. The molecule has 188 valence electrons. The Morgan fingerprint density at radius 1 is 1.03 bits per heavy atom. The molecule has 0 saturated carbocycles. The van der Waals surface area contributed by atoms with Crippen LogP contribution in [0.5, 0.6) is 5.75 Å². The Hall–Kier alpha value is -2.90. The molecule has 0 radical (unpaired) electrons. The smallest absolute Gasteiger partial charge is 0.254 e. The van der Waals surface area contributed by atoms with E-state index in [1.165, 1.54) is 11.1 Å². The summed E-state index contributed by atoms with van der Waals surface area (Å²) in [6, 6.07) is 14.2. The van der Waals surface area contributed by atoms with Crippen LogP contribution in [0.2, 0.25) is 0 Å². The molecule has 1 N–H and O–H groups in total. The average molecular weight is 480 g/mol. The highest BCUT2D eigenvalue weighted by Gasteiger charge is 2.23. The number of benzene rings is 2. The third-order valence-corrected chi connectivity index (χ3v) is 6.48. The molecule has 2 bridgehead atoms. The first-order chi connectivity index (χ1) is 17.0. The van der Waals surface area contributed by atoms with Crippen LogP contribution in [0.15, 0.2) is 42.5 Å². The van der Waals surface area contributed by atoms with Gasteiger partial charge in [0.05, 0.1) is 19.8 Å². The van der Waals surface area contributed by atoms with Crippen molar-refractivity contribution in [2.24, 2.45) is 5.92 Å². The summed E-state index contributed by atoms with van der Waals surface area (Å²) in [6.45, 7) is 10.1. The largest absolute Gasteiger partial charge is 0.491 e. The molecule has 0 unspecified atom stereocenters. The highest BCUT2D eigenvalue weighted by atomic mass is 16.5. The average Bonchev–Trinajstić information content (AvgIpc) is 2.84. The van der Waals surface area contributed by atoms with Crippen LogP contribution in [0, 0.1) is 5.92 Å². The number of rotatable bonds is 4. The van der Waals surface area contributed by atoms with Crippen molar-refractivity contribution in [3.05, 3.63) is 64.7 Å². The van der Waals surface area contributed by atoms with Gasteiger partial charge in [0, 0.05) is 38.2 Å². The van der Waals surface area contributed by atoms with Gasteiger partial charge in [0.25, 0.3) is 5.91 Å². The molecule has 7 heteroatoms. The molecular formula is C28H37N3O4. The van der Waals surface area contributed by atoms with Crippen LogP contribution in [-0.2, 0) is 22.5 Å². The van der Waals surface area contributed by atoms with Gasteiger partial charge in [-0.15, -0.1) is 0 Å². The second kappa shape index (κ2) is 12.2. The second-order valence-corrected chi connectivity index (χ2v) is 9.82. The molecule has 1 saturated heterocycles. The number of amides is 2. The lowest BCUT2D eigenvalue weighted by Crippen LogP contribution is -2.49. The third-order valence-electron chi connectivity index (χ3n) is 6.48. The monoisotopic (exact) mass is 479 g/mol. The summed E-state index contributed by atoms with van der Waals surface area (Å²) < 4.78 is 12.0. The second-order valence-electron chi connectivity index (χ2n) is 9.82. The minimum Gasteiger partial charge on any atom is -0.491 e. The van der Waals surface area contributed by atoms with E-state index in [0.717, 1.165) is 37.4 Å². The first kappa shape index (κ1) is 25.2. The molecule has 2 aromatic rings. The van der Waals surface area contributed by atoms with Crippen LogP contribution < -0.4 is 10.1 Å². The van der Waals surface area contributed by atoms with E-state index in [2.05, 4.69) is 48.3 Å². The molecule has 2 heterocycles. The lowest BCUT2D eigenvalue weighted by atomic mass is 9.99. The summed E-state index contributed by atoms with van der Waals surface area (Å²) in [7, 11) is 0. The van der Waals surface area contributed by atoms with Crippen LogP contribution in [0.25, 0.3) is 0 Å². The molecule has 0 atom stereocenters. The van der Waals surface area contributed by atoms with Gasteiger partial charge in [-0.3, -0.25) is 14.5 Å². The van der Waals surface area contributed by atoms with Crippen molar-refractivity contribution in [3.8, 4) is 5.75 Å². The lowest BCUT2D eigenvalue weighted by Gasteiger charge is -2.27. The molecule has 0 aromatic heterocycles. The summed E-state index contributed by atoms with van der Waals surface area (Å²) in [5, 5.41) is 2.77. The van der Waals surface area contributed by atoms with Crippen molar-refractivity contribution in [2.75, 3.05) is 52.5 Å². The number of nitrogens with zero attached hydrogens (tertiary/aromatic N) is 2. The molecule has 35 heavy (non-hydrogen) atoms. The number of hydrogen-bond donors (Lipinski definition) is 1. The molecule has 0 spiro atoms. The van der Waals surface area contributed by atoms with Gasteiger partial charge in [0.15, 0.2) is 0 Å². The van der Waals surface area contributed by atoms with Crippen molar-refractivity contribution in [2.45, 2.75) is 33.2 Å². The summed E-state index contributed by atoms with van der Waals surface area (Å²) in [4.78, 5) is 28.9. The van der Waals surface area contributed by atoms with Crippen molar-refractivity contribution in [1.29, 1.82) is 0 Å². The molecule has 7 nitrogen and oxygen atoms in total. The Bertz CT molecular complexity index is 1020. The SMILES string of the molecule is CC(C)CCN1CCOCCOc2ccc(C(=O)N3CCNC(=O)C3)cc2Cc2cccc(c2)C1. The van der Waals surface area contributed by atoms with Gasteiger partial charge >= 0.3 is 0 Å². The van der Waals surface area contributed by atoms with E-state index in [1.807, 2.05) is 12.1 Å². The zero-order valence-electron chi connectivity index (χ0n) is 20.9. The van der Waals surface area contributed by atoms with Gasteiger partial charge in [0.1, 0.15) is 12.4 Å². The zero-order valence-corrected chi connectivity index (χ0v) is 20.9. The maximum atomic E-state index is 13.1. The molecule has 1 fully saturated rings. The maximum Gasteiger partial charge on any atom is 0.254 e. The summed E-state index contributed by atoms with van der Waals surface area (Å²) in [6.07, 6.45) is 1.82. The standard InChI is InChI=1S/C28H37N3O4/c1-21(2)8-10-30-12-13-34-14-15-35-26-7-6-24(28(33)31-11-9-29-27(32)20-31)18-25(26)17-22-4-3-5-23(16-22)19-30/h3-7,16,18,21H,8-15,17,19-20H2,1-2H3,(H,29,32). The van der Waals surface area contributed by atoms with Gasteiger partial charge in [-0.1, -0.05) is 38.1 Å². The summed E-state index contributed by atoms with van der Waals surface area (Å²) in [5.74, 6) is 1.18. The van der Waals surface area contributed by atoms with E-state index in [4.69, 9.17) is 9.47 Å². The Morgan fingerprint density at radius 3 is 2.71 bits per heavy atom. The summed E-state index contributed by atoms with van der Waals surface area (Å²) in [5.41, 5.74) is 4.00. The van der Waals surface area contributed by atoms with Crippen LogP contribution in [0.4, 0.5) is 0 Å². The highest BCUT2D eigenvalue weighted by molar-refractivity contribution is 5.97. The fraction of sp³-hybridized carbons (Fsp3) is 0.500. The third kappa shape index (κ3) is 7.29. The number of fused-ring (bicyclic) bond motifs is 3. The van der Waals surface area contributed by atoms with E-state index in [-0.39, 0.29) is 18.4 Å².